The van der Waals surface area contributed by atoms with Crippen molar-refractivity contribution in [3.05, 3.63) is 23.8 Å². The molecule has 0 saturated carbocycles. The van der Waals surface area contributed by atoms with Gasteiger partial charge in [0.15, 0.2) is 0 Å². The summed E-state index contributed by atoms with van der Waals surface area (Å²) in [5.41, 5.74) is 6.56. The van der Waals surface area contributed by atoms with Gasteiger partial charge in [-0.2, -0.15) is 0 Å². The highest BCUT2D eigenvalue weighted by molar-refractivity contribution is 5.76. The Morgan fingerprint density at radius 3 is 2.58 bits per heavy atom. The summed E-state index contributed by atoms with van der Waals surface area (Å²) in [6.45, 7) is 2.30. The van der Waals surface area contributed by atoms with Crippen LogP contribution in [0.2, 0.25) is 0 Å². The Labute approximate surface area is 114 Å². The van der Waals surface area contributed by atoms with Gasteiger partial charge in [0.1, 0.15) is 11.5 Å². The number of hydrogen-bond donors (Lipinski definition) is 1. The van der Waals surface area contributed by atoms with Crippen LogP contribution in [0.4, 0.5) is 0 Å². The highest BCUT2D eigenvalue weighted by Gasteiger charge is 2.14. The van der Waals surface area contributed by atoms with E-state index in [9.17, 15) is 4.79 Å². The molecule has 0 radical (unpaired) electrons. The maximum absolute atomic E-state index is 11.9. The Morgan fingerprint density at radius 2 is 2.05 bits per heavy atom. The molecule has 1 amide bonds. The number of rotatable bonds is 6. The number of methoxy groups -OCH3 is 2. The molecular formula is C14H22N2O3. The van der Waals surface area contributed by atoms with Crippen LogP contribution in [-0.4, -0.2) is 38.1 Å². The maximum atomic E-state index is 11.9. The topological polar surface area (TPSA) is 64.8 Å². The second-order valence-corrected chi connectivity index (χ2v) is 4.61. The number of ether oxygens (including phenoxy) is 2. The Morgan fingerprint density at radius 1 is 1.37 bits per heavy atom. The van der Waals surface area contributed by atoms with Crippen molar-refractivity contribution in [3.63, 3.8) is 0 Å². The van der Waals surface area contributed by atoms with Gasteiger partial charge < -0.3 is 20.1 Å². The fourth-order valence-corrected chi connectivity index (χ4v) is 1.76. The van der Waals surface area contributed by atoms with Crippen molar-refractivity contribution in [2.45, 2.75) is 25.9 Å². The van der Waals surface area contributed by atoms with E-state index in [-0.39, 0.29) is 11.9 Å². The molecule has 0 spiro atoms. The Balaban J connectivity index is 2.78. The van der Waals surface area contributed by atoms with Gasteiger partial charge in [0.25, 0.3) is 0 Å². The molecule has 5 nitrogen and oxygen atoms in total. The first-order chi connectivity index (χ1) is 8.97. The number of hydrogen-bond acceptors (Lipinski definition) is 4. The van der Waals surface area contributed by atoms with E-state index in [1.807, 2.05) is 19.1 Å². The molecule has 1 aromatic carbocycles. The maximum Gasteiger partial charge on any atom is 0.224 e. The van der Waals surface area contributed by atoms with Crippen molar-refractivity contribution in [1.82, 2.24) is 4.90 Å². The Kier molecular flexibility index (Phi) is 5.63. The fraction of sp³-hybridized carbons (Fsp3) is 0.500. The zero-order chi connectivity index (χ0) is 14.4. The van der Waals surface area contributed by atoms with E-state index in [4.69, 9.17) is 15.2 Å². The monoisotopic (exact) mass is 266 g/mol. The molecule has 5 heteroatoms. The van der Waals surface area contributed by atoms with Crippen molar-refractivity contribution in [1.29, 1.82) is 0 Å². The molecule has 2 N–H and O–H groups in total. The number of amides is 1. The number of carbonyl (C=O) groups excluding carboxylic acids is 1. The predicted octanol–water partition coefficient (Wildman–Crippen LogP) is 1.40. The summed E-state index contributed by atoms with van der Waals surface area (Å²) in [6, 6.07) is 5.42. The summed E-state index contributed by atoms with van der Waals surface area (Å²) < 4.78 is 10.4. The van der Waals surface area contributed by atoms with Gasteiger partial charge in [-0.25, -0.2) is 0 Å². The van der Waals surface area contributed by atoms with Gasteiger partial charge in [0.2, 0.25) is 5.91 Å². The van der Waals surface area contributed by atoms with Gasteiger partial charge in [-0.3, -0.25) is 4.79 Å². The summed E-state index contributed by atoms with van der Waals surface area (Å²) in [4.78, 5) is 13.5. The number of carbonyl (C=O) groups is 1. The molecule has 0 aromatic heterocycles. The Hall–Kier alpha value is -1.75. The van der Waals surface area contributed by atoms with E-state index in [0.717, 1.165) is 11.3 Å². The van der Waals surface area contributed by atoms with Gasteiger partial charge in [0.05, 0.1) is 14.2 Å². The molecule has 1 aromatic rings. The highest BCUT2D eigenvalue weighted by Crippen LogP contribution is 2.25. The molecule has 0 fully saturated rings. The van der Waals surface area contributed by atoms with Crippen LogP contribution in [0.25, 0.3) is 0 Å². The molecule has 0 aliphatic heterocycles. The average molecular weight is 266 g/mol. The fourth-order valence-electron chi connectivity index (χ4n) is 1.76. The van der Waals surface area contributed by atoms with Crippen molar-refractivity contribution in [2.24, 2.45) is 5.73 Å². The third-order valence-electron chi connectivity index (χ3n) is 2.82. The minimum Gasteiger partial charge on any atom is -0.497 e. The van der Waals surface area contributed by atoms with Crippen LogP contribution in [0.3, 0.4) is 0 Å². The summed E-state index contributed by atoms with van der Waals surface area (Å²) in [5, 5.41) is 0. The van der Waals surface area contributed by atoms with Crippen LogP contribution >= 0.6 is 0 Å². The molecule has 0 saturated heterocycles. The van der Waals surface area contributed by atoms with Crippen LogP contribution < -0.4 is 15.2 Å². The molecule has 106 valence electrons. The van der Waals surface area contributed by atoms with E-state index < -0.39 is 0 Å². The quantitative estimate of drug-likeness (QED) is 0.845. The van der Waals surface area contributed by atoms with Crippen molar-refractivity contribution >= 4 is 5.91 Å². The standard InChI is InChI=1S/C14H22N2O3/c1-10(15)7-14(17)16(2)9-11-5-6-12(18-3)8-13(11)19-4/h5-6,8,10H,7,9,15H2,1-4H3. The van der Waals surface area contributed by atoms with E-state index in [1.165, 1.54) is 0 Å². The van der Waals surface area contributed by atoms with Crippen LogP contribution in [0.1, 0.15) is 18.9 Å². The van der Waals surface area contributed by atoms with Crippen LogP contribution in [0, 0.1) is 0 Å². The summed E-state index contributed by atoms with van der Waals surface area (Å²) in [6.07, 6.45) is 0.342. The molecule has 1 rings (SSSR count). The van der Waals surface area contributed by atoms with Crippen LogP contribution in [-0.2, 0) is 11.3 Å². The lowest BCUT2D eigenvalue weighted by molar-refractivity contribution is -0.130. The van der Waals surface area contributed by atoms with E-state index in [1.54, 1.807) is 32.2 Å². The number of benzene rings is 1. The average Bonchev–Trinajstić information content (AvgIpc) is 2.38. The second-order valence-electron chi connectivity index (χ2n) is 4.61. The first-order valence-corrected chi connectivity index (χ1v) is 6.18. The minimum absolute atomic E-state index is 0.0212. The molecule has 0 aliphatic carbocycles. The SMILES string of the molecule is COc1ccc(CN(C)C(=O)CC(C)N)c(OC)c1. The van der Waals surface area contributed by atoms with Crippen molar-refractivity contribution in [2.75, 3.05) is 21.3 Å². The third kappa shape index (κ3) is 4.44. The summed E-state index contributed by atoms with van der Waals surface area (Å²) in [7, 11) is 4.96. The molecule has 0 aliphatic rings. The number of nitrogens with two attached hydrogens (primary N) is 1. The van der Waals surface area contributed by atoms with Crippen molar-refractivity contribution < 1.29 is 14.3 Å². The van der Waals surface area contributed by atoms with Gasteiger partial charge in [-0.1, -0.05) is 0 Å². The molecule has 1 unspecified atom stereocenters. The predicted molar refractivity (Wildman–Crippen MR) is 74.3 cm³/mol. The van der Waals surface area contributed by atoms with Crippen LogP contribution in [0.5, 0.6) is 11.5 Å². The largest absolute Gasteiger partial charge is 0.497 e. The normalized spacial score (nSPS) is 11.8. The first-order valence-electron chi connectivity index (χ1n) is 6.18. The van der Waals surface area contributed by atoms with Gasteiger partial charge in [0, 0.05) is 37.7 Å². The lowest BCUT2D eigenvalue weighted by Crippen LogP contribution is -2.31. The first kappa shape index (κ1) is 15.3. The second kappa shape index (κ2) is 6.99. The molecule has 1 atom stereocenters. The Bertz CT molecular complexity index is 433. The molecule has 19 heavy (non-hydrogen) atoms. The molecular weight excluding hydrogens is 244 g/mol. The van der Waals surface area contributed by atoms with Crippen molar-refractivity contribution in [3.8, 4) is 11.5 Å². The summed E-state index contributed by atoms with van der Waals surface area (Å²) >= 11 is 0. The molecule has 0 bridgehead atoms. The van der Waals surface area contributed by atoms with E-state index >= 15 is 0 Å². The third-order valence-corrected chi connectivity index (χ3v) is 2.82. The lowest BCUT2D eigenvalue weighted by Gasteiger charge is -2.20. The van der Waals surface area contributed by atoms with E-state index in [0.29, 0.717) is 18.7 Å². The van der Waals surface area contributed by atoms with Crippen LogP contribution in [0.15, 0.2) is 18.2 Å². The smallest absolute Gasteiger partial charge is 0.224 e. The lowest BCUT2D eigenvalue weighted by atomic mass is 10.1. The zero-order valence-electron chi connectivity index (χ0n) is 12.0. The van der Waals surface area contributed by atoms with Gasteiger partial charge in [-0.15, -0.1) is 0 Å². The van der Waals surface area contributed by atoms with Gasteiger partial charge in [-0.05, 0) is 19.1 Å². The minimum atomic E-state index is -0.132. The highest BCUT2D eigenvalue weighted by atomic mass is 16.5. The molecule has 0 heterocycles. The number of nitrogens with zero attached hydrogens (tertiary/aromatic N) is 1. The zero-order valence-corrected chi connectivity index (χ0v) is 12.0. The van der Waals surface area contributed by atoms with E-state index in [2.05, 4.69) is 0 Å². The van der Waals surface area contributed by atoms with Gasteiger partial charge >= 0.3 is 0 Å². The summed E-state index contributed by atoms with van der Waals surface area (Å²) in [5.74, 6) is 1.46.